The molecule has 4 rings (SSSR count). The number of hydrogen-bond donors (Lipinski definition) is 1. The summed E-state index contributed by atoms with van der Waals surface area (Å²) >= 11 is 1.59. The number of nitrogens with zero attached hydrogens (tertiary/aromatic N) is 3. The Hall–Kier alpha value is -3.26. The highest BCUT2D eigenvalue weighted by atomic mass is 32.2. The predicted octanol–water partition coefficient (Wildman–Crippen LogP) is 5.57. The SMILES string of the molecule is CCC(C)NC(=O)CN1C(=O)CSC(c2cccc(C)c2)c2c(C(C)(C)C)nn(-c3ccc(OC)cc3)c21. The van der Waals surface area contributed by atoms with Crippen molar-refractivity contribution < 1.29 is 14.3 Å². The summed E-state index contributed by atoms with van der Waals surface area (Å²) in [7, 11) is 1.63. The van der Waals surface area contributed by atoms with Crippen LogP contribution in [0.1, 0.15) is 68.7 Å². The van der Waals surface area contributed by atoms with Crippen LogP contribution in [-0.4, -0.2) is 47.0 Å². The first kappa shape index (κ1) is 27.8. The van der Waals surface area contributed by atoms with Crippen molar-refractivity contribution in [3.05, 3.63) is 70.9 Å². The number of methoxy groups -OCH3 is 1. The van der Waals surface area contributed by atoms with Crippen LogP contribution in [0.3, 0.4) is 0 Å². The van der Waals surface area contributed by atoms with Crippen LogP contribution in [0, 0.1) is 6.92 Å². The fourth-order valence-electron chi connectivity index (χ4n) is 4.64. The van der Waals surface area contributed by atoms with Crippen molar-refractivity contribution in [3.8, 4) is 11.4 Å². The number of amides is 2. The van der Waals surface area contributed by atoms with Gasteiger partial charge in [0.05, 0.1) is 29.5 Å². The maximum atomic E-state index is 13.7. The minimum Gasteiger partial charge on any atom is -0.497 e. The van der Waals surface area contributed by atoms with E-state index in [1.54, 1.807) is 23.8 Å². The Morgan fingerprint density at radius 1 is 1.21 bits per heavy atom. The predicted molar refractivity (Wildman–Crippen MR) is 155 cm³/mol. The van der Waals surface area contributed by atoms with Gasteiger partial charge in [-0.1, -0.05) is 57.5 Å². The van der Waals surface area contributed by atoms with Gasteiger partial charge in [-0.25, -0.2) is 4.68 Å². The van der Waals surface area contributed by atoms with Gasteiger partial charge in [-0.15, -0.1) is 11.8 Å². The van der Waals surface area contributed by atoms with Gasteiger partial charge in [0.15, 0.2) is 0 Å². The molecule has 0 saturated carbocycles. The quantitative estimate of drug-likeness (QED) is 0.429. The number of aromatic nitrogens is 2. The van der Waals surface area contributed by atoms with Crippen molar-refractivity contribution in [1.82, 2.24) is 15.1 Å². The first-order valence-corrected chi connectivity index (χ1v) is 14.1. The van der Waals surface area contributed by atoms with Crippen molar-refractivity contribution in [2.24, 2.45) is 0 Å². The molecule has 3 aromatic rings. The van der Waals surface area contributed by atoms with Gasteiger partial charge in [0.1, 0.15) is 18.1 Å². The molecule has 0 spiro atoms. The number of benzene rings is 2. The van der Waals surface area contributed by atoms with E-state index in [2.05, 4.69) is 57.3 Å². The number of anilines is 1. The Morgan fingerprint density at radius 2 is 1.92 bits per heavy atom. The van der Waals surface area contributed by atoms with Crippen LogP contribution in [0.4, 0.5) is 5.82 Å². The highest BCUT2D eigenvalue weighted by Gasteiger charge is 2.40. The van der Waals surface area contributed by atoms with Crippen LogP contribution >= 0.6 is 11.8 Å². The summed E-state index contributed by atoms with van der Waals surface area (Å²) in [4.78, 5) is 28.5. The van der Waals surface area contributed by atoms with E-state index in [1.807, 2.05) is 42.8 Å². The molecule has 1 aliphatic heterocycles. The fourth-order valence-corrected chi connectivity index (χ4v) is 5.83. The lowest BCUT2D eigenvalue weighted by molar-refractivity contribution is -0.123. The second kappa shape index (κ2) is 11.2. The van der Waals surface area contributed by atoms with Crippen molar-refractivity contribution in [1.29, 1.82) is 0 Å². The zero-order chi connectivity index (χ0) is 27.6. The number of carbonyl (C=O) groups excluding carboxylic acids is 2. The molecular weight excluding hydrogens is 496 g/mol. The second-order valence-corrected chi connectivity index (χ2v) is 12.0. The molecule has 0 radical (unpaired) electrons. The molecule has 38 heavy (non-hydrogen) atoms. The molecule has 2 heterocycles. The molecule has 8 heteroatoms. The van der Waals surface area contributed by atoms with Gasteiger partial charge in [0.25, 0.3) is 0 Å². The van der Waals surface area contributed by atoms with Gasteiger partial charge in [0.2, 0.25) is 11.8 Å². The van der Waals surface area contributed by atoms with E-state index in [0.717, 1.165) is 40.2 Å². The van der Waals surface area contributed by atoms with Crippen molar-refractivity contribution in [2.45, 2.75) is 64.7 Å². The molecule has 1 aliphatic rings. The first-order valence-electron chi connectivity index (χ1n) is 13.1. The lowest BCUT2D eigenvalue weighted by Gasteiger charge is -2.25. The molecule has 0 fully saturated rings. The average molecular weight is 535 g/mol. The van der Waals surface area contributed by atoms with Crippen LogP contribution in [0.15, 0.2) is 48.5 Å². The summed E-state index contributed by atoms with van der Waals surface area (Å²) in [6, 6.07) is 16.1. The molecule has 0 saturated heterocycles. The van der Waals surface area contributed by atoms with Gasteiger partial charge in [-0.2, -0.15) is 5.10 Å². The van der Waals surface area contributed by atoms with Crippen LogP contribution in [0.25, 0.3) is 5.69 Å². The Balaban J connectivity index is 1.98. The van der Waals surface area contributed by atoms with Crippen molar-refractivity contribution in [3.63, 3.8) is 0 Å². The van der Waals surface area contributed by atoms with Gasteiger partial charge in [-0.05, 0) is 50.1 Å². The Morgan fingerprint density at radius 3 is 2.53 bits per heavy atom. The molecule has 0 bridgehead atoms. The van der Waals surface area contributed by atoms with E-state index in [1.165, 1.54) is 0 Å². The van der Waals surface area contributed by atoms with Gasteiger partial charge in [-0.3, -0.25) is 14.5 Å². The number of nitrogens with one attached hydrogen (secondary N) is 1. The summed E-state index contributed by atoms with van der Waals surface area (Å²) in [5.41, 5.74) is 4.66. The normalized spacial score (nSPS) is 16.6. The average Bonchev–Trinajstić information content (AvgIpc) is 3.22. The highest BCUT2D eigenvalue weighted by molar-refractivity contribution is 8.00. The van der Waals surface area contributed by atoms with E-state index >= 15 is 0 Å². The molecule has 202 valence electrons. The topological polar surface area (TPSA) is 76.5 Å². The number of thioether (sulfide) groups is 1. The van der Waals surface area contributed by atoms with Crippen LogP contribution in [0.5, 0.6) is 5.75 Å². The zero-order valence-corrected chi connectivity index (χ0v) is 24.2. The Labute approximate surface area is 229 Å². The zero-order valence-electron chi connectivity index (χ0n) is 23.4. The monoisotopic (exact) mass is 534 g/mol. The summed E-state index contributed by atoms with van der Waals surface area (Å²) in [6.45, 7) is 12.4. The van der Waals surface area contributed by atoms with Crippen LogP contribution in [0.2, 0.25) is 0 Å². The van der Waals surface area contributed by atoms with E-state index in [4.69, 9.17) is 9.84 Å². The van der Waals surface area contributed by atoms with E-state index in [-0.39, 0.29) is 40.8 Å². The maximum Gasteiger partial charge on any atom is 0.240 e. The summed E-state index contributed by atoms with van der Waals surface area (Å²) in [5, 5.41) is 8.05. The molecule has 1 aromatic heterocycles. The maximum absolute atomic E-state index is 13.7. The molecule has 0 aliphatic carbocycles. The third-order valence-corrected chi connectivity index (χ3v) is 8.04. The molecule has 1 N–H and O–H groups in total. The van der Waals surface area contributed by atoms with Crippen molar-refractivity contribution in [2.75, 3.05) is 24.3 Å². The van der Waals surface area contributed by atoms with Gasteiger partial charge in [0, 0.05) is 17.0 Å². The highest BCUT2D eigenvalue weighted by Crippen LogP contribution is 2.48. The fraction of sp³-hybridized carbons (Fsp3) is 0.433. The minimum atomic E-state index is -0.303. The Bertz CT molecular complexity index is 1310. The van der Waals surface area contributed by atoms with Gasteiger partial charge >= 0.3 is 0 Å². The van der Waals surface area contributed by atoms with Crippen LogP contribution < -0.4 is 15.0 Å². The summed E-state index contributed by atoms with van der Waals surface area (Å²) in [6.07, 6.45) is 0.814. The van der Waals surface area contributed by atoms with E-state index in [9.17, 15) is 9.59 Å². The molecule has 2 aromatic carbocycles. The van der Waals surface area contributed by atoms with E-state index < -0.39 is 0 Å². The number of carbonyl (C=O) groups is 2. The first-order chi connectivity index (χ1) is 18.0. The third kappa shape index (κ3) is 5.75. The molecule has 2 atom stereocenters. The van der Waals surface area contributed by atoms with Crippen molar-refractivity contribution >= 4 is 29.4 Å². The largest absolute Gasteiger partial charge is 0.497 e. The molecule has 7 nitrogen and oxygen atoms in total. The number of aryl methyl sites for hydroxylation is 1. The Kier molecular flexibility index (Phi) is 8.21. The number of rotatable bonds is 7. The van der Waals surface area contributed by atoms with Crippen LogP contribution in [-0.2, 0) is 15.0 Å². The molecule has 2 amide bonds. The lowest BCUT2D eigenvalue weighted by atomic mass is 9.87. The molecule has 2 unspecified atom stereocenters. The standard InChI is InChI=1S/C30H38N4O3S/c1-8-20(3)31-24(35)17-33-25(36)18-38-27(21-11-9-10-19(2)16-21)26-28(30(4,5)6)32-34(29(26)33)22-12-14-23(37-7)15-13-22/h9-16,20,27H,8,17-18H2,1-7H3,(H,31,35). The summed E-state index contributed by atoms with van der Waals surface area (Å²) in [5.74, 6) is 1.35. The number of fused-ring (bicyclic) bond motifs is 1. The summed E-state index contributed by atoms with van der Waals surface area (Å²) < 4.78 is 7.20. The van der Waals surface area contributed by atoms with E-state index in [0.29, 0.717) is 5.82 Å². The third-order valence-electron chi connectivity index (χ3n) is 6.78. The minimum absolute atomic E-state index is 0.0232. The second-order valence-electron chi connectivity index (χ2n) is 10.9. The smallest absolute Gasteiger partial charge is 0.240 e. The molecular formula is C30H38N4O3S. The number of ether oxygens (including phenoxy) is 1. The van der Waals surface area contributed by atoms with Gasteiger partial charge < -0.3 is 10.1 Å². The number of hydrogen-bond acceptors (Lipinski definition) is 5. The lowest BCUT2D eigenvalue weighted by Crippen LogP contribution is -2.44.